The highest BCUT2D eigenvalue weighted by molar-refractivity contribution is 7.89. The second kappa shape index (κ2) is 4.81. The van der Waals surface area contributed by atoms with Crippen LogP contribution < -0.4 is 4.72 Å². The van der Waals surface area contributed by atoms with Crippen molar-refractivity contribution in [1.29, 1.82) is 0 Å². The van der Waals surface area contributed by atoms with Crippen LogP contribution in [0.5, 0.6) is 0 Å². The van der Waals surface area contributed by atoms with Gasteiger partial charge in [-0.2, -0.15) is 5.10 Å². The molecule has 1 aromatic heterocycles. The predicted molar refractivity (Wildman–Crippen MR) is 83.7 cm³/mol. The van der Waals surface area contributed by atoms with E-state index in [4.69, 9.17) is 0 Å². The summed E-state index contributed by atoms with van der Waals surface area (Å²) < 4.78 is 29.7. The van der Waals surface area contributed by atoms with Gasteiger partial charge >= 0.3 is 0 Å². The van der Waals surface area contributed by atoms with Gasteiger partial charge in [-0.25, -0.2) is 13.1 Å². The molecular formula is C16H25N3O2S. The van der Waals surface area contributed by atoms with Gasteiger partial charge in [0.25, 0.3) is 0 Å². The van der Waals surface area contributed by atoms with Crippen molar-refractivity contribution >= 4 is 10.0 Å². The van der Waals surface area contributed by atoms with Crippen LogP contribution in [0, 0.1) is 30.1 Å². The zero-order valence-electron chi connectivity index (χ0n) is 13.4. The molecule has 0 spiro atoms. The molecule has 1 aromatic rings. The average Bonchev–Trinajstić information content (AvgIpc) is 2.76. The van der Waals surface area contributed by atoms with Crippen LogP contribution >= 0.6 is 0 Å². The number of nitrogens with one attached hydrogen (secondary N) is 1. The maximum atomic E-state index is 12.6. The first-order valence-electron chi connectivity index (χ1n) is 8.35. The Bertz CT molecular complexity index is 657. The van der Waals surface area contributed by atoms with Gasteiger partial charge in [0, 0.05) is 13.6 Å². The fourth-order valence-electron chi connectivity index (χ4n) is 5.57. The molecule has 0 aliphatic heterocycles. The quantitative estimate of drug-likeness (QED) is 0.924. The van der Waals surface area contributed by atoms with E-state index in [1.807, 2.05) is 0 Å². The molecule has 122 valence electrons. The fourth-order valence-corrected chi connectivity index (χ4v) is 6.93. The number of aryl methyl sites for hydroxylation is 1. The number of nitrogens with zero attached hydrogens (tertiary/aromatic N) is 2. The molecule has 0 aromatic carbocycles. The first-order valence-corrected chi connectivity index (χ1v) is 9.83. The first-order chi connectivity index (χ1) is 10.4. The highest BCUT2D eigenvalue weighted by atomic mass is 32.2. The van der Waals surface area contributed by atoms with Gasteiger partial charge in [0.2, 0.25) is 10.0 Å². The average molecular weight is 323 g/mol. The topological polar surface area (TPSA) is 64.0 Å². The minimum atomic E-state index is -3.45. The minimum Gasteiger partial charge on any atom is -0.272 e. The molecule has 0 saturated heterocycles. The summed E-state index contributed by atoms with van der Waals surface area (Å²) in [6, 6.07) is 0. The van der Waals surface area contributed by atoms with Crippen molar-refractivity contribution in [1.82, 2.24) is 14.5 Å². The van der Waals surface area contributed by atoms with Gasteiger partial charge in [0.05, 0.1) is 11.9 Å². The summed E-state index contributed by atoms with van der Waals surface area (Å²) >= 11 is 0. The van der Waals surface area contributed by atoms with Crippen LogP contribution in [-0.2, 0) is 17.1 Å². The summed E-state index contributed by atoms with van der Waals surface area (Å²) in [7, 11) is -1.68. The molecule has 4 aliphatic carbocycles. The minimum absolute atomic E-state index is 0.220. The number of hydrogen-bond acceptors (Lipinski definition) is 3. The smallest absolute Gasteiger partial charge is 0.243 e. The van der Waals surface area contributed by atoms with E-state index < -0.39 is 10.0 Å². The van der Waals surface area contributed by atoms with Gasteiger partial charge in [-0.05, 0) is 68.6 Å². The van der Waals surface area contributed by atoms with Gasteiger partial charge in [-0.3, -0.25) is 4.68 Å². The van der Waals surface area contributed by atoms with Gasteiger partial charge < -0.3 is 0 Å². The van der Waals surface area contributed by atoms with Gasteiger partial charge in [0.1, 0.15) is 4.90 Å². The maximum absolute atomic E-state index is 12.6. The second-order valence-corrected chi connectivity index (χ2v) is 9.70. The lowest BCUT2D eigenvalue weighted by molar-refractivity contribution is -0.0487. The summed E-state index contributed by atoms with van der Waals surface area (Å²) in [5.41, 5.74) is 0.913. The van der Waals surface area contributed by atoms with E-state index in [9.17, 15) is 8.42 Å². The van der Waals surface area contributed by atoms with Crippen molar-refractivity contribution in [3.8, 4) is 0 Å². The molecule has 5 nitrogen and oxygen atoms in total. The molecule has 22 heavy (non-hydrogen) atoms. The molecule has 0 radical (unpaired) electrons. The van der Waals surface area contributed by atoms with Gasteiger partial charge in [0.15, 0.2) is 0 Å². The van der Waals surface area contributed by atoms with E-state index in [2.05, 4.69) is 9.82 Å². The monoisotopic (exact) mass is 323 g/mol. The normalized spacial score (nSPS) is 36.9. The van der Waals surface area contributed by atoms with Gasteiger partial charge in [-0.1, -0.05) is 0 Å². The number of sulfonamides is 1. The van der Waals surface area contributed by atoms with Crippen molar-refractivity contribution in [3.63, 3.8) is 0 Å². The Morgan fingerprint density at radius 1 is 1.23 bits per heavy atom. The van der Waals surface area contributed by atoms with E-state index in [1.165, 1.54) is 44.7 Å². The summed E-state index contributed by atoms with van der Waals surface area (Å²) in [6.45, 7) is 2.40. The number of hydrogen-bond donors (Lipinski definition) is 1. The first kappa shape index (κ1) is 14.7. The molecule has 6 heteroatoms. The van der Waals surface area contributed by atoms with Crippen LogP contribution in [0.3, 0.4) is 0 Å². The Hall–Kier alpha value is -0.880. The van der Waals surface area contributed by atoms with E-state index in [0.717, 1.165) is 17.8 Å². The van der Waals surface area contributed by atoms with Crippen LogP contribution in [0.15, 0.2) is 11.1 Å². The maximum Gasteiger partial charge on any atom is 0.243 e. The van der Waals surface area contributed by atoms with Crippen molar-refractivity contribution in [3.05, 3.63) is 11.9 Å². The van der Waals surface area contributed by atoms with Crippen molar-refractivity contribution in [2.24, 2.45) is 30.2 Å². The van der Waals surface area contributed by atoms with E-state index in [-0.39, 0.29) is 5.41 Å². The Morgan fingerprint density at radius 2 is 1.77 bits per heavy atom. The molecule has 4 aliphatic rings. The third-order valence-electron chi connectivity index (χ3n) is 6.28. The molecule has 4 saturated carbocycles. The third kappa shape index (κ3) is 2.31. The van der Waals surface area contributed by atoms with Gasteiger partial charge in [-0.15, -0.1) is 0 Å². The van der Waals surface area contributed by atoms with Crippen molar-refractivity contribution in [2.45, 2.75) is 50.3 Å². The lowest BCUT2D eigenvalue weighted by Crippen LogP contribution is -2.51. The zero-order valence-corrected chi connectivity index (χ0v) is 14.2. The van der Waals surface area contributed by atoms with Crippen LogP contribution in [0.4, 0.5) is 0 Å². The third-order valence-corrected chi connectivity index (χ3v) is 7.79. The number of aromatic nitrogens is 2. The fraction of sp³-hybridized carbons (Fsp3) is 0.812. The molecule has 4 fully saturated rings. The Balaban J connectivity index is 1.52. The summed E-state index contributed by atoms with van der Waals surface area (Å²) in [5, 5.41) is 4.05. The largest absolute Gasteiger partial charge is 0.272 e. The molecule has 1 heterocycles. The Morgan fingerprint density at radius 3 is 2.23 bits per heavy atom. The predicted octanol–water partition coefficient (Wildman–Crippen LogP) is 2.22. The molecule has 1 N–H and O–H groups in total. The molecule has 5 rings (SSSR count). The van der Waals surface area contributed by atoms with Crippen LogP contribution in [0.1, 0.15) is 44.2 Å². The van der Waals surface area contributed by atoms with Crippen LogP contribution in [-0.4, -0.2) is 24.7 Å². The van der Waals surface area contributed by atoms with Crippen molar-refractivity contribution in [2.75, 3.05) is 6.54 Å². The summed E-state index contributed by atoms with van der Waals surface area (Å²) in [4.78, 5) is 0.319. The zero-order chi connectivity index (χ0) is 15.5. The van der Waals surface area contributed by atoms with Crippen LogP contribution in [0.2, 0.25) is 0 Å². The molecule has 4 bridgehead atoms. The summed E-state index contributed by atoms with van der Waals surface area (Å²) in [6.07, 6.45) is 9.25. The number of rotatable bonds is 4. The second-order valence-electron chi connectivity index (χ2n) is 7.96. The van der Waals surface area contributed by atoms with E-state index >= 15 is 0 Å². The standard InChI is InChI=1S/C16H25N3O2S/c1-11-15(9-17-19(11)2)22(20,21)18-10-16-6-12-3-13(7-16)5-14(4-12)8-16/h9,12-14,18H,3-8,10H2,1-2H3. The summed E-state index contributed by atoms with van der Waals surface area (Å²) in [5.74, 6) is 2.53. The van der Waals surface area contributed by atoms with E-state index in [1.54, 1.807) is 18.7 Å². The highest BCUT2D eigenvalue weighted by Gasteiger charge is 2.51. The lowest BCUT2D eigenvalue weighted by Gasteiger charge is -2.56. The van der Waals surface area contributed by atoms with Crippen LogP contribution in [0.25, 0.3) is 0 Å². The highest BCUT2D eigenvalue weighted by Crippen LogP contribution is 2.59. The molecule has 0 unspecified atom stereocenters. The molecular weight excluding hydrogens is 298 g/mol. The SMILES string of the molecule is Cc1c(S(=O)(=O)NCC23CC4CC(CC(C4)C2)C3)cnn1C. The lowest BCUT2D eigenvalue weighted by atomic mass is 9.50. The molecule has 0 amide bonds. The Labute approximate surface area is 132 Å². The molecule has 0 atom stereocenters. The van der Waals surface area contributed by atoms with E-state index in [0.29, 0.717) is 17.1 Å². The van der Waals surface area contributed by atoms with Crippen molar-refractivity contribution < 1.29 is 8.42 Å². The Kier molecular flexibility index (Phi) is 3.21.